The highest BCUT2D eigenvalue weighted by Crippen LogP contribution is 2.39. The largest absolute Gasteiger partial charge is 0.457 e. The fraction of sp³-hybridized carbons (Fsp3) is 0.533. The SMILES string of the molecule is CC(O)c1ccc(Oc2ccc(CNC(=O)C3(NC(=O)CCCCC(C)(C)N)CCOCC3)cc2)c(C(F)(F)F)c1. The number of halogens is 3. The molecule has 1 fully saturated rings. The van der Waals surface area contributed by atoms with Gasteiger partial charge in [0.25, 0.3) is 0 Å². The molecule has 0 saturated carbocycles. The Morgan fingerprint density at radius 1 is 1.10 bits per heavy atom. The number of carbonyl (C=O) groups excluding carboxylic acids is 2. The van der Waals surface area contributed by atoms with Gasteiger partial charge in [0.15, 0.2) is 0 Å². The van der Waals surface area contributed by atoms with E-state index in [0.717, 1.165) is 18.9 Å². The third kappa shape index (κ3) is 9.72. The third-order valence-electron chi connectivity index (χ3n) is 7.03. The standard InChI is InChI=1S/C30H40F3N3O5/c1-20(37)22-9-12-25(24(18-22)30(31,32)33)41-23-10-7-21(8-11-23)19-35-27(39)29(14-16-40-17-15-29)36-26(38)6-4-5-13-28(2,3)34/h7-12,18,20,37H,4-6,13-17,19,34H2,1-3H3,(H,35,39)(H,36,38). The van der Waals surface area contributed by atoms with Gasteiger partial charge in [0.1, 0.15) is 17.0 Å². The monoisotopic (exact) mass is 579 g/mol. The molecule has 41 heavy (non-hydrogen) atoms. The van der Waals surface area contributed by atoms with Crippen molar-refractivity contribution in [3.05, 3.63) is 59.2 Å². The van der Waals surface area contributed by atoms with Crippen LogP contribution in [-0.4, -0.2) is 41.2 Å². The van der Waals surface area contributed by atoms with Crippen LogP contribution in [0.4, 0.5) is 13.2 Å². The lowest BCUT2D eigenvalue weighted by molar-refractivity contribution is -0.138. The summed E-state index contributed by atoms with van der Waals surface area (Å²) in [6, 6.07) is 9.74. The van der Waals surface area contributed by atoms with E-state index in [1.807, 2.05) is 13.8 Å². The molecule has 0 radical (unpaired) electrons. The minimum atomic E-state index is -4.67. The number of alkyl halides is 3. The summed E-state index contributed by atoms with van der Waals surface area (Å²) in [7, 11) is 0. The summed E-state index contributed by atoms with van der Waals surface area (Å²) in [6.07, 6.45) is -2.45. The van der Waals surface area contributed by atoms with E-state index in [4.69, 9.17) is 15.2 Å². The van der Waals surface area contributed by atoms with Crippen LogP contribution in [0.3, 0.4) is 0 Å². The molecule has 0 bridgehead atoms. The van der Waals surface area contributed by atoms with Crippen LogP contribution < -0.4 is 21.1 Å². The normalized spacial score (nSPS) is 16.1. The Balaban J connectivity index is 1.60. The second kappa shape index (κ2) is 13.7. The number of hydrogen-bond donors (Lipinski definition) is 4. The van der Waals surface area contributed by atoms with Crippen molar-refractivity contribution in [3.8, 4) is 11.5 Å². The molecule has 0 spiro atoms. The molecule has 11 heteroatoms. The third-order valence-corrected chi connectivity index (χ3v) is 7.03. The molecule has 1 heterocycles. The molecule has 0 aliphatic carbocycles. The van der Waals surface area contributed by atoms with Crippen LogP contribution in [0, 0.1) is 0 Å². The van der Waals surface area contributed by atoms with Gasteiger partial charge in [-0.05, 0) is 69.0 Å². The van der Waals surface area contributed by atoms with Crippen LogP contribution >= 0.6 is 0 Å². The second-order valence-corrected chi connectivity index (χ2v) is 11.3. The van der Waals surface area contributed by atoms with Gasteiger partial charge in [0.2, 0.25) is 11.8 Å². The summed E-state index contributed by atoms with van der Waals surface area (Å²) in [4.78, 5) is 25.9. The number of amides is 2. The molecule has 1 unspecified atom stereocenters. The minimum Gasteiger partial charge on any atom is -0.457 e. The van der Waals surface area contributed by atoms with Gasteiger partial charge in [-0.15, -0.1) is 0 Å². The van der Waals surface area contributed by atoms with Gasteiger partial charge >= 0.3 is 6.18 Å². The molecule has 1 saturated heterocycles. The molecule has 1 aliphatic rings. The van der Waals surface area contributed by atoms with Gasteiger partial charge in [0, 0.05) is 44.6 Å². The Hall–Kier alpha value is -3.15. The second-order valence-electron chi connectivity index (χ2n) is 11.3. The van der Waals surface area contributed by atoms with Gasteiger partial charge in [-0.25, -0.2) is 0 Å². The highest BCUT2D eigenvalue weighted by atomic mass is 19.4. The first-order valence-corrected chi connectivity index (χ1v) is 13.8. The Labute approximate surface area is 238 Å². The summed E-state index contributed by atoms with van der Waals surface area (Å²) in [5, 5.41) is 15.5. The molecule has 226 valence electrons. The van der Waals surface area contributed by atoms with Crippen molar-refractivity contribution in [2.24, 2.45) is 5.73 Å². The van der Waals surface area contributed by atoms with Crippen molar-refractivity contribution >= 4 is 11.8 Å². The first kappa shape index (κ1) is 32.4. The summed E-state index contributed by atoms with van der Waals surface area (Å²) in [6.45, 7) is 6.11. The molecule has 1 atom stereocenters. The van der Waals surface area contributed by atoms with Gasteiger partial charge in [-0.1, -0.05) is 24.6 Å². The number of ether oxygens (including phenoxy) is 2. The minimum absolute atomic E-state index is 0.130. The Morgan fingerprint density at radius 2 is 1.76 bits per heavy atom. The maximum atomic E-state index is 13.6. The average molecular weight is 580 g/mol. The van der Waals surface area contributed by atoms with Gasteiger partial charge in [-0.2, -0.15) is 13.2 Å². The summed E-state index contributed by atoms with van der Waals surface area (Å²) < 4.78 is 51.7. The lowest BCUT2D eigenvalue weighted by Crippen LogP contribution is -2.61. The van der Waals surface area contributed by atoms with Crippen molar-refractivity contribution in [1.29, 1.82) is 0 Å². The quantitative estimate of drug-likeness (QED) is 0.259. The van der Waals surface area contributed by atoms with Crippen LogP contribution in [0.25, 0.3) is 0 Å². The maximum absolute atomic E-state index is 13.6. The molecule has 3 rings (SSSR count). The van der Waals surface area contributed by atoms with Gasteiger partial charge < -0.3 is 30.9 Å². The molecule has 0 aromatic heterocycles. The van der Waals surface area contributed by atoms with Crippen LogP contribution in [0.15, 0.2) is 42.5 Å². The summed E-state index contributed by atoms with van der Waals surface area (Å²) >= 11 is 0. The summed E-state index contributed by atoms with van der Waals surface area (Å²) in [5.41, 5.74) is 4.48. The van der Waals surface area contributed by atoms with Crippen molar-refractivity contribution in [2.75, 3.05) is 13.2 Å². The van der Waals surface area contributed by atoms with Crippen LogP contribution in [0.2, 0.25) is 0 Å². The van der Waals surface area contributed by atoms with Crippen molar-refractivity contribution in [2.45, 2.75) is 89.2 Å². The average Bonchev–Trinajstić information content (AvgIpc) is 2.90. The first-order chi connectivity index (χ1) is 19.2. The number of nitrogens with two attached hydrogens (primary N) is 1. The number of aliphatic hydroxyl groups excluding tert-OH is 1. The van der Waals surface area contributed by atoms with E-state index in [1.165, 1.54) is 31.2 Å². The van der Waals surface area contributed by atoms with E-state index >= 15 is 0 Å². The first-order valence-electron chi connectivity index (χ1n) is 13.8. The number of rotatable bonds is 12. The highest BCUT2D eigenvalue weighted by Gasteiger charge is 2.41. The zero-order valence-electron chi connectivity index (χ0n) is 23.8. The van der Waals surface area contributed by atoms with E-state index < -0.39 is 23.4 Å². The Bertz CT molecular complexity index is 1170. The number of unbranched alkanes of at least 4 members (excludes halogenated alkanes) is 1. The highest BCUT2D eigenvalue weighted by molar-refractivity contribution is 5.91. The number of hydrogen-bond acceptors (Lipinski definition) is 6. The molecule has 8 nitrogen and oxygen atoms in total. The van der Waals surface area contributed by atoms with Gasteiger partial charge in [-0.3, -0.25) is 9.59 Å². The molecule has 5 N–H and O–H groups in total. The van der Waals surface area contributed by atoms with E-state index in [0.29, 0.717) is 44.5 Å². The van der Waals surface area contributed by atoms with Crippen molar-refractivity contribution in [3.63, 3.8) is 0 Å². The predicted molar refractivity (Wildman–Crippen MR) is 148 cm³/mol. The number of benzene rings is 2. The predicted octanol–water partition coefficient (Wildman–Crippen LogP) is 5.13. The van der Waals surface area contributed by atoms with E-state index in [2.05, 4.69) is 10.6 Å². The maximum Gasteiger partial charge on any atom is 0.419 e. The zero-order chi connectivity index (χ0) is 30.3. The molecule has 2 aromatic rings. The van der Waals surface area contributed by atoms with Crippen LogP contribution in [-0.2, 0) is 27.0 Å². The van der Waals surface area contributed by atoms with Crippen LogP contribution in [0.5, 0.6) is 11.5 Å². The van der Waals surface area contributed by atoms with Crippen molar-refractivity contribution < 1.29 is 37.3 Å². The van der Waals surface area contributed by atoms with E-state index in [1.54, 1.807) is 12.1 Å². The number of aliphatic hydroxyl groups is 1. The molecule has 2 aromatic carbocycles. The molecule has 1 aliphatic heterocycles. The number of carbonyl (C=O) groups is 2. The van der Waals surface area contributed by atoms with Crippen molar-refractivity contribution in [1.82, 2.24) is 10.6 Å². The Morgan fingerprint density at radius 3 is 2.34 bits per heavy atom. The fourth-order valence-electron chi connectivity index (χ4n) is 4.60. The lowest BCUT2D eigenvalue weighted by Gasteiger charge is -2.36. The van der Waals surface area contributed by atoms with E-state index in [9.17, 15) is 27.9 Å². The number of nitrogens with one attached hydrogen (secondary N) is 2. The molecular weight excluding hydrogens is 539 g/mol. The van der Waals surface area contributed by atoms with Crippen LogP contribution in [0.1, 0.15) is 82.1 Å². The van der Waals surface area contributed by atoms with Gasteiger partial charge in [0.05, 0.1) is 11.7 Å². The Kier molecular flexibility index (Phi) is 10.8. The summed E-state index contributed by atoms with van der Waals surface area (Å²) in [5.74, 6) is -0.711. The van der Waals surface area contributed by atoms with E-state index in [-0.39, 0.29) is 41.0 Å². The fourth-order valence-corrected chi connectivity index (χ4v) is 4.60. The topological polar surface area (TPSA) is 123 Å². The zero-order valence-corrected chi connectivity index (χ0v) is 23.8. The molecule has 2 amide bonds. The lowest BCUT2D eigenvalue weighted by atomic mass is 9.88. The smallest absolute Gasteiger partial charge is 0.419 e. The molecular formula is C30H40F3N3O5.